The van der Waals surface area contributed by atoms with Gasteiger partial charge in [-0.05, 0) is 4.92 Å². The monoisotopic (exact) mass is 262 g/mol. The Kier molecular flexibility index (Phi) is 4.08. The molecule has 0 amide bonds. The van der Waals surface area contributed by atoms with E-state index in [0.29, 0.717) is 6.07 Å². The molecule has 0 aromatic carbocycles. The van der Waals surface area contributed by atoms with E-state index >= 15 is 0 Å². The predicted molar refractivity (Wildman–Crippen MR) is 53.7 cm³/mol. The number of aromatic nitrogens is 1. The topological polar surface area (TPSA) is 91.6 Å². The standard InChI is InChI=1S/C9H8F2N2O5/c1-17-8-6(9(14)18-2)4(7(10)11)3-5(12-8)13(15)16/h3,7H,1-2H3. The average molecular weight is 262 g/mol. The van der Waals surface area contributed by atoms with Gasteiger partial charge in [0.05, 0.1) is 14.2 Å². The van der Waals surface area contributed by atoms with Crippen molar-refractivity contribution >= 4 is 11.8 Å². The summed E-state index contributed by atoms with van der Waals surface area (Å²) in [5, 5.41) is 10.5. The van der Waals surface area contributed by atoms with Crippen LogP contribution in [0, 0.1) is 10.1 Å². The van der Waals surface area contributed by atoms with Gasteiger partial charge in [0.2, 0.25) is 0 Å². The smallest absolute Gasteiger partial charge is 0.368 e. The van der Waals surface area contributed by atoms with Gasteiger partial charge in [-0.2, -0.15) is 0 Å². The van der Waals surface area contributed by atoms with Gasteiger partial charge in [0.15, 0.2) is 5.56 Å². The number of esters is 1. The van der Waals surface area contributed by atoms with Crippen LogP contribution in [0.2, 0.25) is 0 Å². The molecular formula is C9H8F2N2O5. The number of carbonyl (C=O) groups excluding carboxylic acids is 1. The lowest BCUT2D eigenvalue weighted by molar-refractivity contribution is -0.389. The van der Waals surface area contributed by atoms with Gasteiger partial charge in [-0.25, -0.2) is 13.6 Å². The van der Waals surface area contributed by atoms with Crippen molar-refractivity contribution in [3.05, 3.63) is 27.3 Å². The first-order valence-corrected chi connectivity index (χ1v) is 4.52. The molecule has 0 saturated carbocycles. The molecule has 0 N–H and O–H groups in total. The summed E-state index contributed by atoms with van der Waals surface area (Å²) < 4.78 is 34.4. The minimum Gasteiger partial charge on any atom is -0.465 e. The largest absolute Gasteiger partial charge is 0.465 e. The number of methoxy groups -OCH3 is 2. The molecule has 0 radical (unpaired) electrons. The van der Waals surface area contributed by atoms with E-state index in [0.717, 1.165) is 14.2 Å². The molecule has 0 spiro atoms. The number of halogens is 2. The summed E-state index contributed by atoms with van der Waals surface area (Å²) in [5.74, 6) is -2.52. The lowest BCUT2D eigenvalue weighted by atomic mass is 10.1. The zero-order chi connectivity index (χ0) is 13.9. The Morgan fingerprint density at radius 1 is 1.50 bits per heavy atom. The van der Waals surface area contributed by atoms with Gasteiger partial charge in [-0.15, -0.1) is 0 Å². The number of hydrogen-bond donors (Lipinski definition) is 0. The summed E-state index contributed by atoms with van der Waals surface area (Å²) >= 11 is 0. The molecular weight excluding hydrogens is 254 g/mol. The number of ether oxygens (including phenoxy) is 2. The minimum absolute atomic E-state index is 0.513. The number of nitro groups is 1. The van der Waals surface area contributed by atoms with Gasteiger partial charge >= 0.3 is 17.7 Å². The van der Waals surface area contributed by atoms with E-state index in [1.54, 1.807) is 0 Å². The van der Waals surface area contributed by atoms with Crippen molar-refractivity contribution in [1.29, 1.82) is 0 Å². The molecule has 1 heterocycles. The van der Waals surface area contributed by atoms with Crippen molar-refractivity contribution in [3.8, 4) is 5.88 Å². The number of alkyl halides is 2. The molecule has 1 aromatic heterocycles. The third-order valence-electron chi connectivity index (χ3n) is 2.01. The number of rotatable bonds is 4. The number of pyridine rings is 1. The Bertz CT molecular complexity index is 492. The molecule has 1 aromatic rings. The Hall–Kier alpha value is -2.32. The zero-order valence-corrected chi connectivity index (χ0v) is 9.35. The van der Waals surface area contributed by atoms with E-state index in [2.05, 4.69) is 14.5 Å². The van der Waals surface area contributed by atoms with Crippen LogP contribution in [0.1, 0.15) is 22.3 Å². The molecule has 1 rings (SSSR count). The van der Waals surface area contributed by atoms with E-state index in [-0.39, 0.29) is 0 Å². The van der Waals surface area contributed by atoms with Crippen LogP contribution in [0.3, 0.4) is 0 Å². The van der Waals surface area contributed by atoms with Gasteiger partial charge in [0.1, 0.15) is 0 Å². The summed E-state index contributed by atoms with van der Waals surface area (Å²) in [6.07, 6.45) is -3.10. The number of carbonyl (C=O) groups is 1. The fourth-order valence-corrected chi connectivity index (χ4v) is 1.25. The molecule has 0 saturated heterocycles. The van der Waals surface area contributed by atoms with E-state index in [9.17, 15) is 23.7 Å². The Labute approximate surface area is 99.5 Å². The minimum atomic E-state index is -3.10. The molecule has 18 heavy (non-hydrogen) atoms. The summed E-state index contributed by atoms with van der Waals surface area (Å²) in [6.45, 7) is 0. The summed E-state index contributed by atoms with van der Waals surface area (Å²) in [6, 6.07) is 0.513. The second-order valence-electron chi connectivity index (χ2n) is 3.00. The van der Waals surface area contributed by atoms with Crippen molar-refractivity contribution in [2.24, 2.45) is 0 Å². The van der Waals surface area contributed by atoms with E-state index < -0.39 is 40.1 Å². The van der Waals surface area contributed by atoms with E-state index in [4.69, 9.17) is 0 Å². The maximum atomic E-state index is 12.8. The van der Waals surface area contributed by atoms with Crippen molar-refractivity contribution < 1.29 is 28.0 Å². The molecule has 0 aliphatic heterocycles. The first-order chi connectivity index (χ1) is 8.42. The van der Waals surface area contributed by atoms with Gasteiger partial charge in [0, 0.05) is 16.6 Å². The maximum Gasteiger partial charge on any atom is 0.368 e. The molecule has 0 atom stereocenters. The highest BCUT2D eigenvalue weighted by Gasteiger charge is 2.31. The predicted octanol–water partition coefficient (Wildman–Crippen LogP) is 1.72. The van der Waals surface area contributed by atoms with Crippen molar-refractivity contribution in [2.75, 3.05) is 14.2 Å². The second kappa shape index (κ2) is 5.34. The molecule has 0 fully saturated rings. The van der Waals surface area contributed by atoms with E-state index in [1.165, 1.54) is 0 Å². The third-order valence-corrected chi connectivity index (χ3v) is 2.01. The maximum absolute atomic E-state index is 12.8. The highest BCUT2D eigenvalue weighted by atomic mass is 19.3. The first kappa shape index (κ1) is 13.7. The van der Waals surface area contributed by atoms with Crippen LogP contribution in [0.5, 0.6) is 5.88 Å². The average Bonchev–Trinajstić information content (AvgIpc) is 2.35. The van der Waals surface area contributed by atoms with Crippen molar-refractivity contribution in [2.45, 2.75) is 6.43 Å². The summed E-state index contributed by atoms with van der Waals surface area (Å²) in [4.78, 5) is 24.3. The molecule has 0 aliphatic rings. The van der Waals surface area contributed by atoms with E-state index in [1.807, 2.05) is 0 Å². The van der Waals surface area contributed by atoms with Gasteiger partial charge < -0.3 is 19.6 Å². The fraction of sp³-hybridized carbons (Fsp3) is 0.333. The Morgan fingerprint density at radius 3 is 2.50 bits per heavy atom. The van der Waals surface area contributed by atoms with Crippen LogP contribution in [-0.2, 0) is 4.74 Å². The molecule has 0 bridgehead atoms. The molecule has 7 nitrogen and oxygen atoms in total. The summed E-state index contributed by atoms with van der Waals surface area (Å²) in [7, 11) is 2.03. The molecule has 9 heteroatoms. The summed E-state index contributed by atoms with van der Waals surface area (Å²) in [5.41, 5.74) is -1.49. The van der Waals surface area contributed by atoms with Crippen LogP contribution >= 0.6 is 0 Å². The van der Waals surface area contributed by atoms with Crippen molar-refractivity contribution in [1.82, 2.24) is 4.98 Å². The van der Waals surface area contributed by atoms with Crippen molar-refractivity contribution in [3.63, 3.8) is 0 Å². The first-order valence-electron chi connectivity index (χ1n) is 4.52. The lowest BCUT2D eigenvalue weighted by Crippen LogP contribution is -2.11. The van der Waals surface area contributed by atoms with Crippen LogP contribution < -0.4 is 4.74 Å². The highest BCUT2D eigenvalue weighted by Crippen LogP contribution is 2.32. The Morgan fingerprint density at radius 2 is 2.11 bits per heavy atom. The quantitative estimate of drug-likeness (QED) is 0.466. The Balaban J connectivity index is 3.56. The van der Waals surface area contributed by atoms with Crippen LogP contribution in [0.15, 0.2) is 6.07 Å². The van der Waals surface area contributed by atoms with Crippen LogP contribution in [0.25, 0.3) is 0 Å². The molecule has 0 aliphatic carbocycles. The molecule has 98 valence electrons. The van der Waals surface area contributed by atoms with Crippen LogP contribution in [0.4, 0.5) is 14.6 Å². The third kappa shape index (κ3) is 2.50. The lowest BCUT2D eigenvalue weighted by Gasteiger charge is -2.08. The second-order valence-corrected chi connectivity index (χ2v) is 3.00. The zero-order valence-electron chi connectivity index (χ0n) is 9.35. The fourth-order valence-electron chi connectivity index (χ4n) is 1.25. The van der Waals surface area contributed by atoms with Gasteiger partial charge in [0.25, 0.3) is 6.43 Å². The van der Waals surface area contributed by atoms with Gasteiger partial charge in [-0.3, -0.25) is 0 Å². The number of nitrogens with zero attached hydrogens (tertiary/aromatic N) is 2. The van der Waals surface area contributed by atoms with Gasteiger partial charge in [-0.1, -0.05) is 0 Å². The highest BCUT2D eigenvalue weighted by molar-refractivity contribution is 5.93. The number of hydrogen-bond acceptors (Lipinski definition) is 6. The normalized spacial score (nSPS) is 10.3. The van der Waals surface area contributed by atoms with Crippen LogP contribution in [-0.4, -0.2) is 30.1 Å². The molecule has 0 unspecified atom stereocenters. The SMILES string of the molecule is COC(=O)c1c(C(F)F)cc([N+](=O)[O-])nc1OC.